The van der Waals surface area contributed by atoms with Crippen LogP contribution >= 0.6 is 0 Å². The van der Waals surface area contributed by atoms with Crippen molar-refractivity contribution in [3.63, 3.8) is 0 Å². The molecule has 1 rings (SSSR count). The van der Waals surface area contributed by atoms with Gasteiger partial charge in [0, 0.05) is 6.04 Å². The quantitative estimate of drug-likeness (QED) is 0.838. The molecule has 0 aliphatic heterocycles. The van der Waals surface area contributed by atoms with Crippen LogP contribution in [-0.4, -0.2) is 13.1 Å². The van der Waals surface area contributed by atoms with Gasteiger partial charge in [-0.1, -0.05) is 30.4 Å². The maximum Gasteiger partial charge on any atom is 0.416 e. The van der Waals surface area contributed by atoms with E-state index >= 15 is 0 Å². The average molecular weight is 229 g/mol. The predicted molar refractivity (Wildman–Crippen MR) is 59.0 cm³/mol. The zero-order valence-corrected chi connectivity index (χ0v) is 9.18. The predicted octanol–water partition coefficient (Wildman–Crippen LogP) is 3.33. The van der Waals surface area contributed by atoms with Gasteiger partial charge in [0.15, 0.2) is 0 Å². The van der Waals surface area contributed by atoms with Crippen LogP contribution in [0.3, 0.4) is 0 Å². The fraction of sp³-hybridized carbons (Fsp3) is 0.333. The molecule has 0 aliphatic carbocycles. The highest BCUT2D eigenvalue weighted by molar-refractivity contribution is 5.55. The Kier molecular flexibility index (Phi) is 4.12. The first-order valence-corrected chi connectivity index (χ1v) is 4.97. The van der Waals surface area contributed by atoms with Gasteiger partial charge in [-0.15, -0.1) is 0 Å². The maximum absolute atomic E-state index is 12.6. The lowest BCUT2D eigenvalue weighted by Crippen LogP contribution is -2.17. The second-order valence-electron chi connectivity index (χ2n) is 3.52. The van der Waals surface area contributed by atoms with Gasteiger partial charge in [-0.2, -0.15) is 13.2 Å². The smallest absolute Gasteiger partial charge is 0.314 e. The molecule has 0 fully saturated rings. The number of hydrogen-bond donors (Lipinski definition) is 1. The van der Waals surface area contributed by atoms with E-state index in [-0.39, 0.29) is 11.6 Å². The molecule has 0 radical (unpaired) electrons. The molecule has 1 nitrogen and oxygen atoms in total. The monoisotopic (exact) mass is 229 g/mol. The van der Waals surface area contributed by atoms with Crippen molar-refractivity contribution < 1.29 is 13.2 Å². The fourth-order valence-electron chi connectivity index (χ4n) is 1.24. The molecule has 1 atom stereocenters. The molecular weight excluding hydrogens is 215 g/mol. The molecule has 0 spiro atoms. The minimum Gasteiger partial charge on any atom is -0.314 e. The minimum absolute atomic E-state index is 0.0429. The van der Waals surface area contributed by atoms with Gasteiger partial charge in [0.25, 0.3) is 0 Å². The van der Waals surface area contributed by atoms with Gasteiger partial charge >= 0.3 is 6.18 Å². The topological polar surface area (TPSA) is 12.0 Å². The normalized spacial score (nSPS) is 14.3. The summed E-state index contributed by atoms with van der Waals surface area (Å²) in [6, 6.07) is 5.58. The molecule has 0 saturated carbocycles. The van der Waals surface area contributed by atoms with E-state index in [0.717, 1.165) is 6.07 Å². The standard InChI is InChI=1S/C12H14F3N/c1-9(16-2)7-8-10-5-3-4-6-11(10)12(13,14)15/h3-9,16H,1-2H3/b8-7+/t9-/m1/s1. The van der Waals surface area contributed by atoms with E-state index in [1.807, 2.05) is 6.92 Å². The lowest BCUT2D eigenvalue weighted by molar-refractivity contribution is -0.137. The SMILES string of the molecule is CN[C@H](C)/C=C/c1ccccc1C(F)(F)F. The van der Waals surface area contributed by atoms with Gasteiger partial charge in [0.05, 0.1) is 5.56 Å². The molecule has 0 aliphatic rings. The summed E-state index contributed by atoms with van der Waals surface area (Å²) in [5.41, 5.74) is -0.411. The van der Waals surface area contributed by atoms with E-state index in [4.69, 9.17) is 0 Å². The van der Waals surface area contributed by atoms with Gasteiger partial charge in [-0.05, 0) is 25.6 Å². The Morgan fingerprint density at radius 1 is 1.25 bits per heavy atom. The van der Waals surface area contributed by atoms with Crippen molar-refractivity contribution in [3.8, 4) is 0 Å². The highest BCUT2D eigenvalue weighted by Crippen LogP contribution is 2.32. The van der Waals surface area contributed by atoms with E-state index in [0.29, 0.717) is 0 Å². The maximum atomic E-state index is 12.6. The Bertz CT molecular complexity index is 369. The van der Waals surface area contributed by atoms with E-state index in [9.17, 15) is 13.2 Å². The molecular formula is C12H14F3N. The van der Waals surface area contributed by atoms with Crippen LogP contribution < -0.4 is 5.32 Å². The van der Waals surface area contributed by atoms with Crippen LogP contribution in [0.5, 0.6) is 0 Å². The summed E-state index contributed by atoms with van der Waals surface area (Å²) in [6.07, 6.45) is -1.11. The molecule has 16 heavy (non-hydrogen) atoms. The summed E-state index contributed by atoms with van der Waals surface area (Å²) >= 11 is 0. The number of likely N-dealkylation sites (N-methyl/N-ethyl adjacent to an activating group) is 1. The second kappa shape index (κ2) is 5.16. The summed E-state index contributed by atoms with van der Waals surface area (Å²) in [6.45, 7) is 1.87. The highest BCUT2D eigenvalue weighted by Gasteiger charge is 2.32. The Morgan fingerprint density at radius 3 is 2.44 bits per heavy atom. The van der Waals surface area contributed by atoms with Crippen LogP contribution in [-0.2, 0) is 6.18 Å². The fourth-order valence-corrected chi connectivity index (χ4v) is 1.24. The molecule has 1 aromatic carbocycles. The van der Waals surface area contributed by atoms with Crippen LogP contribution in [0.15, 0.2) is 30.3 Å². The van der Waals surface area contributed by atoms with Crippen LogP contribution in [0.1, 0.15) is 18.1 Å². The van der Waals surface area contributed by atoms with E-state index in [1.54, 1.807) is 19.2 Å². The van der Waals surface area contributed by atoms with Crippen molar-refractivity contribution in [2.75, 3.05) is 7.05 Å². The lowest BCUT2D eigenvalue weighted by Gasteiger charge is -2.10. The van der Waals surface area contributed by atoms with Gasteiger partial charge in [0.2, 0.25) is 0 Å². The van der Waals surface area contributed by atoms with Crippen molar-refractivity contribution in [1.29, 1.82) is 0 Å². The molecule has 4 heteroatoms. The summed E-state index contributed by atoms with van der Waals surface area (Å²) in [7, 11) is 1.75. The molecule has 1 N–H and O–H groups in total. The Labute approximate surface area is 93.0 Å². The van der Waals surface area contributed by atoms with E-state index in [2.05, 4.69) is 5.32 Å². The van der Waals surface area contributed by atoms with Crippen molar-refractivity contribution >= 4 is 6.08 Å². The molecule has 0 aromatic heterocycles. The van der Waals surface area contributed by atoms with Gasteiger partial charge < -0.3 is 5.32 Å². The van der Waals surface area contributed by atoms with Gasteiger partial charge in [-0.3, -0.25) is 0 Å². The molecule has 0 heterocycles. The zero-order valence-electron chi connectivity index (χ0n) is 9.18. The largest absolute Gasteiger partial charge is 0.416 e. The van der Waals surface area contributed by atoms with Crippen molar-refractivity contribution in [2.45, 2.75) is 19.1 Å². The third-order valence-electron chi connectivity index (χ3n) is 2.29. The first kappa shape index (κ1) is 12.8. The molecule has 0 saturated heterocycles. The first-order chi connectivity index (χ1) is 7.45. The van der Waals surface area contributed by atoms with Crippen molar-refractivity contribution in [2.24, 2.45) is 0 Å². The second-order valence-corrected chi connectivity index (χ2v) is 3.52. The van der Waals surface area contributed by atoms with Crippen molar-refractivity contribution in [1.82, 2.24) is 5.32 Å². The average Bonchev–Trinajstić information content (AvgIpc) is 2.25. The van der Waals surface area contributed by atoms with Gasteiger partial charge in [-0.25, -0.2) is 0 Å². The summed E-state index contributed by atoms with van der Waals surface area (Å²) in [4.78, 5) is 0. The number of hydrogen-bond acceptors (Lipinski definition) is 1. The number of halogens is 3. The molecule has 0 bridgehead atoms. The third kappa shape index (κ3) is 3.38. The van der Waals surface area contributed by atoms with Crippen LogP contribution in [0, 0.1) is 0 Å². The summed E-state index contributed by atoms with van der Waals surface area (Å²) in [5, 5.41) is 2.93. The Balaban J connectivity index is 3.01. The van der Waals surface area contributed by atoms with E-state index < -0.39 is 11.7 Å². The number of benzene rings is 1. The first-order valence-electron chi connectivity index (χ1n) is 4.97. The van der Waals surface area contributed by atoms with Crippen LogP contribution in [0.4, 0.5) is 13.2 Å². The number of nitrogens with one attached hydrogen (secondary N) is 1. The third-order valence-corrected chi connectivity index (χ3v) is 2.29. The van der Waals surface area contributed by atoms with Gasteiger partial charge in [0.1, 0.15) is 0 Å². The number of alkyl halides is 3. The Morgan fingerprint density at radius 2 is 1.88 bits per heavy atom. The molecule has 0 amide bonds. The molecule has 88 valence electrons. The summed E-state index contributed by atoms with van der Waals surface area (Å²) in [5.74, 6) is 0. The van der Waals surface area contributed by atoms with Crippen LogP contribution in [0.25, 0.3) is 6.08 Å². The zero-order chi connectivity index (χ0) is 12.2. The van der Waals surface area contributed by atoms with Crippen LogP contribution in [0.2, 0.25) is 0 Å². The number of rotatable bonds is 3. The highest BCUT2D eigenvalue weighted by atomic mass is 19.4. The lowest BCUT2D eigenvalue weighted by atomic mass is 10.1. The van der Waals surface area contributed by atoms with Crippen molar-refractivity contribution in [3.05, 3.63) is 41.5 Å². The molecule has 1 aromatic rings. The minimum atomic E-state index is -4.30. The Hall–Kier alpha value is -1.29. The van der Waals surface area contributed by atoms with E-state index in [1.165, 1.54) is 18.2 Å². The summed E-state index contributed by atoms with van der Waals surface area (Å²) < 4.78 is 37.8. The molecule has 0 unspecified atom stereocenters.